The van der Waals surface area contributed by atoms with E-state index in [9.17, 15) is 10.1 Å². The predicted octanol–water partition coefficient (Wildman–Crippen LogP) is 2.95. The van der Waals surface area contributed by atoms with Gasteiger partial charge in [-0.1, -0.05) is 15.9 Å². The normalized spacial score (nSPS) is 23.1. The largest absolute Gasteiger partial charge is 0.496 e. The maximum Gasteiger partial charge on any atom is 0.269 e. The van der Waals surface area contributed by atoms with Crippen LogP contribution in [0.2, 0.25) is 0 Å². The van der Waals surface area contributed by atoms with E-state index in [0.717, 1.165) is 18.6 Å². The Hall–Kier alpha value is -1.14. The second kappa shape index (κ2) is 6.34. The Labute approximate surface area is 120 Å². The van der Waals surface area contributed by atoms with Gasteiger partial charge >= 0.3 is 0 Å². The van der Waals surface area contributed by atoms with E-state index < -0.39 is 0 Å². The van der Waals surface area contributed by atoms with Crippen molar-refractivity contribution in [3.8, 4) is 5.75 Å². The fourth-order valence-corrected chi connectivity index (χ4v) is 2.80. The standard InChI is InChI=1S/C13H16BrNO4/c1-18-13-3-2-11(15(16)17)7-9(13)6-10-8-19-5-4-12(10)14/h2-3,7,10,12H,4-6,8H2,1H3. The molecule has 2 unspecified atom stereocenters. The molecule has 0 spiro atoms. The number of alkyl halides is 1. The molecule has 0 amide bonds. The van der Waals surface area contributed by atoms with Gasteiger partial charge < -0.3 is 9.47 Å². The van der Waals surface area contributed by atoms with Gasteiger partial charge in [-0.3, -0.25) is 10.1 Å². The molecule has 2 rings (SSSR count). The van der Waals surface area contributed by atoms with E-state index in [4.69, 9.17) is 9.47 Å². The lowest BCUT2D eigenvalue weighted by Gasteiger charge is -2.27. The number of nitro benzene ring substituents is 1. The molecule has 0 bridgehead atoms. The number of hydrogen-bond acceptors (Lipinski definition) is 4. The molecular formula is C13H16BrNO4. The van der Waals surface area contributed by atoms with Gasteiger partial charge in [0.25, 0.3) is 5.69 Å². The third-order valence-electron chi connectivity index (χ3n) is 3.34. The SMILES string of the molecule is COc1ccc([N+](=O)[O-])cc1CC1COCCC1Br. The van der Waals surface area contributed by atoms with Crippen LogP contribution in [-0.4, -0.2) is 30.1 Å². The minimum atomic E-state index is -0.383. The Morgan fingerprint density at radius 3 is 3.00 bits per heavy atom. The summed E-state index contributed by atoms with van der Waals surface area (Å²) in [6.07, 6.45) is 1.67. The number of nitrogens with zero attached hydrogens (tertiary/aromatic N) is 1. The van der Waals surface area contributed by atoms with Crippen molar-refractivity contribution in [1.82, 2.24) is 0 Å². The molecule has 0 aromatic heterocycles. The van der Waals surface area contributed by atoms with E-state index in [0.29, 0.717) is 29.5 Å². The lowest BCUT2D eigenvalue weighted by Crippen LogP contribution is -2.29. The molecular weight excluding hydrogens is 314 g/mol. The molecule has 1 heterocycles. The van der Waals surface area contributed by atoms with Gasteiger partial charge in [-0.25, -0.2) is 0 Å². The van der Waals surface area contributed by atoms with Crippen LogP contribution in [0.25, 0.3) is 0 Å². The van der Waals surface area contributed by atoms with Crippen molar-refractivity contribution in [2.45, 2.75) is 17.7 Å². The van der Waals surface area contributed by atoms with Crippen LogP contribution < -0.4 is 4.74 Å². The summed E-state index contributed by atoms with van der Waals surface area (Å²) >= 11 is 3.65. The summed E-state index contributed by atoms with van der Waals surface area (Å²) in [5.41, 5.74) is 0.954. The first-order valence-corrected chi connectivity index (χ1v) is 7.06. The summed E-state index contributed by atoms with van der Waals surface area (Å²) < 4.78 is 10.7. The average Bonchev–Trinajstić information content (AvgIpc) is 2.41. The zero-order valence-electron chi connectivity index (χ0n) is 10.7. The van der Waals surface area contributed by atoms with E-state index in [1.165, 1.54) is 6.07 Å². The van der Waals surface area contributed by atoms with Crippen molar-refractivity contribution in [2.75, 3.05) is 20.3 Å². The molecule has 0 saturated carbocycles. The summed E-state index contributed by atoms with van der Waals surface area (Å²) in [5, 5.41) is 10.8. The van der Waals surface area contributed by atoms with Crippen LogP contribution in [-0.2, 0) is 11.2 Å². The molecule has 1 aliphatic heterocycles. The van der Waals surface area contributed by atoms with Crippen molar-refractivity contribution >= 4 is 21.6 Å². The third kappa shape index (κ3) is 3.45. The van der Waals surface area contributed by atoms with Crippen LogP contribution in [0, 0.1) is 16.0 Å². The summed E-state index contributed by atoms with van der Waals surface area (Å²) in [7, 11) is 1.58. The van der Waals surface area contributed by atoms with E-state index in [1.807, 2.05) is 0 Å². The van der Waals surface area contributed by atoms with Crippen LogP contribution in [0.5, 0.6) is 5.75 Å². The lowest BCUT2D eigenvalue weighted by molar-refractivity contribution is -0.384. The summed E-state index contributed by atoms with van der Waals surface area (Å²) in [6, 6.07) is 4.71. The molecule has 1 fully saturated rings. The fraction of sp³-hybridized carbons (Fsp3) is 0.538. The number of methoxy groups -OCH3 is 1. The van der Waals surface area contributed by atoms with Gasteiger partial charge in [-0.2, -0.15) is 0 Å². The Morgan fingerprint density at radius 2 is 2.37 bits per heavy atom. The maximum atomic E-state index is 10.8. The van der Waals surface area contributed by atoms with E-state index in [2.05, 4.69) is 15.9 Å². The molecule has 0 N–H and O–H groups in total. The molecule has 6 heteroatoms. The van der Waals surface area contributed by atoms with Crippen molar-refractivity contribution in [3.63, 3.8) is 0 Å². The van der Waals surface area contributed by atoms with Gasteiger partial charge in [-0.05, 0) is 24.8 Å². The smallest absolute Gasteiger partial charge is 0.269 e. The highest BCUT2D eigenvalue weighted by Gasteiger charge is 2.25. The molecule has 19 heavy (non-hydrogen) atoms. The number of hydrogen-bond donors (Lipinski definition) is 0. The van der Waals surface area contributed by atoms with Gasteiger partial charge in [0.2, 0.25) is 0 Å². The first-order valence-electron chi connectivity index (χ1n) is 6.15. The number of rotatable bonds is 4. The topological polar surface area (TPSA) is 61.6 Å². The predicted molar refractivity (Wildman–Crippen MR) is 75.0 cm³/mol. The number of halogens is 1. The van der Waals surface area contributed by atoms with Crippen molar-refractivity contribution in [3.05, 3.63) is 33.9 Å². The Bertz CT molecular complexity index is 466. The van der Waals surface area contributed by atoms with Crippen molar-refractivity contribution < 1.29 is 14.4 Å². The Kier molecular flexibility index (Phi) is 4.76. The molecule has 0 radical (unpaired) electrons. The van der Waals surface area contributed by atoms with E-state index in [1.54, 1.807) is 19.2 Å². The van der Waals surface area contributed by atoms with Crippen LogP contribution in [0.3, 0.4) is 0 Å². The monoisotopic (exact) mass is 329 g/mol. The highest BCUT2D eigenvalue weighted by atomic mass is 79.9. The molecule has 1 saturated heterocycles. The summed E-state index contributed by atoms with van der Waals surface area (Å²) in [4.78, 5) is 10.8. The second-order valence-corrected chi connectivity index (χ2v) is 5.77. The van der Waals surface area contributed by atoms with Gasteiger partial charge in [0.05, 0.1) is 18.6 Å². The molecule has 1 aromatic rings. The number of nitro groups is 1. The van der Waals surface area contributed by atoms with Crippen molar-refractivity contribution in [1.29, 1.82) is 0 Å². The van der Waals surface area contributed by atoms with Crippen molar-refractivity contribution in [2.24, 2.45) is 5.92 Å². The molecule has 1 aromatic carbocycles. The quantitative estimate of drug-likeness (QED) is 0.484. The first-order chi connectivity index (χ1) is 9.11. The number of ether oxygens (including phenoxy) is 2. The number of non-ortho nitro benzene ring substituents is 1. The average molecular weight is 330 g/mol. The zero-order chi connectivity index (χ0) is 13.8. The highest BCUT2D eigenvalue weighted by Crippen LogP contribution is 2.31. The van der Waals surface area contributed by atoms with Crippen LogP contribution >= 0.6 is 15.9 Å². The fourth-order valence-electron chi connectivity index (χ4n) is 2.28. The Morgan fingerprint density at radius 1 is 1.58 bits per heavy atom. The van der Waals surface area contributed by atoms with Crippen LogP contribution in [0.1, 0.15) is 12.0 Å². The van der Waals surface area contributed by atoms with Gasteiger partial charge in [-0.15, -0.1) is 0 Å². The first kappa shape index (κ1) is 14.3. The second-order valence-electron chi connectivity index (χ2n) is 4.60. The lowest BCUT2D eigenvalue weighted by atomic mass is 9.93. The molecule has 104 valence electrons. The van der Waals surface area contributed by atoms with E-state index >= 15 is 0 Å². The zero-order valence-corrected chi connectivity index (χ0v) is 12.3. The molecule has 1 aliphatic rings. The number of benzene rings is 1. The van der Waals surface area contributed by atoms with Gasteiger partial charge in [0.15, 0.2) is 0 Å². The van der Waals surface area contributed by atoms with E-state index in [-0.39, 0.29) is 10.6 Å². The molecule has 0 aliphatic carbocycles. The maximum absolute atomic E-state index is 10.8. The van der Waals surface area contributed by atoms with Gasteiger partial charge in [0.1, 0.15) is 5.75 Å². The third-order valence-corrected chi connectivity index (χ3v) is 4.54. The molecule has 5 nitrogen and oxygen atoms in total. The highest BCUT2D eigenvalue weighted by molar-refractivity contribution is 9.09. The minimum Gasteiger partial charge on any atom is -0.496 e. The Balaban J connectivity index is 2.21. The summed E-state index contributed by atoms with van der Waals surface area (Å²) in [5.74, 6) is 1.00. The van der Waals surface area contributed by atoms with Crippen LogP contribution in [0.15, 0.2) is 18.2 Å². The summed E-state index contributed by atoms with van der Waals surface area (Å²) in [6.45, 7) is 1.43. The minimum absolute atomic E-state index is 0.0960. The van der Waals surface area contributed by atoms with Gasteiger partial charge in [0, 0.05) is 29.1 Å². The van der Waals surface area contributed by atoms with Crippen LogP contribution in [0.4, 0.5) is 5.69 Å². The molecule has 2 atom stereocenters.